The van der Waals surface area contributed by atoms with Crippen molar-refractivity contribution in [2.75, 3.05) is 20.4 Å². The normalized spacial score (nSPS) is 25.1. The molecule has 4 aliphatic carbocycles. The number of benzene rings is 2. The molecule has 0 saturated heterocycles. The molecule has 0 spiro atoms. The van der Waals surface area contributed by atoms with Crippen LogP contribution in [0.2, 0.25) is 0 Å². The standard InChI is InChI=1S/C36H34NOP/c1-37-35-30-13-6-4-9-25(30)17-21-32(35)34(33-22-18-26-10-5-7-14-31(26)36(33)37)28-12-8-11-27(23-28)24-15-19-29(20-16-24)39(2,3)38/h4-17,19,21-23,26,29,35H,18,20H2,1-3H3. The quantitative estimate of drug-likeness (QED) is 0.372. The fourth-order valence-electron chi connectivity index (χ4n) is 6.89. The van der Waals surface area contributed by atoms with E-state index in [2.05, 4.69) is 121 Å². The molecule has 0 fully saturated rings. The van der Waals surface area contributed by atoms with Gasteiger partial charge in [0.05, 0.1) is 13.2 Å². The van der Waals surface area contributed by atoms with Gasteiger partial charge >= 0.3 is 0 Å². The molecule has 3 atom stereocenters. The summed E-state index contributed by atoms with van der Waals surface area (Å²) >= 11 is 0. The maximum absolute atomic E-state index is 12.6. The maximum atomic E-state index is 12.6. The second kappa shape index (κ2) is 9.25. The van der Waals surface area contributed by atoms with Gasteiger partial charge in [0.15, 0.2) is 0 Å². The van der Waals surface area contributed by atoms with Crippen molar-refractivity contribution in [1.29, 1.82) is 0 Å². The summed E-state index contributed by atoms with van der Waals surface area (Å²) in [5.74, 6) is 0.429. The van der Waals surface area contributed by atoms with Crippen LogP contribution in [0, 0.1) is 5.92 Å². The van der Waals surface area contributed by atoms with Crippen LogP contribution in [0.3, 0.4) is 0 Å². The molecule has 0 aromatic heterocycles. The van der Waals surface area contributed by atoms with Gasteiger partial charge in [-0.05, 0) is 76.8 Å². The maximum Gasteiger partial charge on any atom is 0.0887 e. The first-order chi connectivity index (χ1) is 18.9. The molecule has 1 heterocycles. The molecular formula is C36H34NOP. The van der Waals surface area contributed by atoms with Gasteiger partial charge in [-0.1, -0.05) is 103 Å². The van der Waals surface area contributed by atoms with Gasteiger partial charge in [0, 0.05) is 29.9 Å². The number of hydrogen-bond acceptors (Lipinski definition) is 2. The third-order valence-electron chi connectivity index (χ3n) is 8.92. The predicted octanol–water partition coefficient (Wildman–Crippen LogP) is 8.81. The Balaban J connectivity index is 1.40. The topological polar surface area (TPSA) is 20.3 Å². The fraction of sp³-hybridized carbons (Fsp3) is 0.222. The second-order valence-electron chi connectivity index (χ2n) is 11.7. The van der Waals surface area contributed by atoms with Crippen molar-refractivity contribution in [3.63, 3.8) is 0 Å². The minimum atomic E-state index is -2.14. The lowest BCUT2D eigenvalue weighted by molar-refractivity contribution is 0.342. The van der Waals surface area contributed by atoms with Crippen molar-refractivity contribution >= 4 is 24.4 Å². The van der Waals surface area contributed by atoms with Crippen LogP contribution in [0.15, 0.2) is 126 Å². The van der Waals surface area contributed by atoms with Crippen LogP contribution in [0.5, 0.6) is 0 Å². The van der Waals surface area contributed by atoms with Crippen LogP contribution in [-0.2, 0) is 4.57 Å². The Kier molecular flexibility index (Phi) is 5.79. The molecule has 0 radical (unpaired) electrons. The Labute approximate surface area is 232 Å². The van der Waals surface area contributed by atoms with E-state index < -0.39 is 7.14 Å². The van der Waals surface area contributed by atoms with Crippen molar-refractivity contribution in [1.82, 2.24) is 4.90 Å². The van der Waals surface area contributed by atoms with Gasteiger partial charge in [-0.25, -0.2) is 0 Å². The van der Waals surface area contributed by atoms with E-state index in [9.17, 15) is 4.57 Å². The predicted molar refractivity (Wildman–Crippen MR) is 166 cm³/mol. The van der Waals surface area contributed by atoms with Crippen molar-refractivity contribution in [2.45, 2.75) is 24.5 Å². The Morgan fingerprint density at radius 1 is 0.821 bits per heavy atom. The third kappa shape index (κ3) is 4.05. The van der Waals surface area contributed by atoms with Crippen LogP contribution in [0.1, 0.15) is 41.1 Å². The first-order valence-corrected chi connectivity index (χ1v) is 16.6. The van der Waals surface area contributed by atoms with E-state index in [0.717, 1.165) is 12.8 Å². The summed E-state index contributed by atoms with van der Waals surface area (Å²) < 4.78 is 12.6. The minimum Gasteiger partial charge on any atom is -0.363 e. The monoisotopic (exact) mass is 527 g/mol. The summed E-state index contributed by atoms with van der Waals surface area (Å²) in [5.41, 5.74) is 13.3. The first-order valence-electron chi connectivity index (χ1n) is 14.0. The SMILES string of the molecule is CN1C2=C3C=CC=CC3CC=C2C(c2cccc(C3=CCC(P(C)(C)=O)C=C3)c2)=C2C=Cc3ccccc3C21. The fourth-order valence-corrected chi connectivity index (χ4v) is 8.00. The zero-order chi connectivity index (χ0) is 26.7. The van der Waals surface area contributed by atoms with E-state index >= 15 is 0 Å². The summed E-state index contributed by atoms with van der Waals surface area (Å²) in [7, 11) is 0.128. The highest BCUT2D eigenvalue weighted by Crippen LogP contribution is 2.53. The molecule has 0 N–H and O–H groups in total. The number of hydrogen-bond donors (Lipinski definition) is 0. The minimum absolute atomic E-state index is 0.142. The summed E-state index contributed by atoms with van der Waals surface area (Å²) in [4.78, 5) is 2.52. The van der Waals surface area contributed by atoms with Crippen molar-refractivity contribution in [3.05, 3.63) is 148 Å². The van der Waals surface area contributed by atoms with Crippen LogP contribution in [0.4, 0.5) is 0 Å². The molecule has 39 heavy (non-hydrogen) atoms. The van der Waals surface area contributed by atoms with Crippen LogP contribution < -0.4 is 0 Å². The van der Waals surface area contributed by atoms with Crippen molar-refractivity contribution in [2.24, 2.45) is 5.92 Å². The molecular weight excluding hydrogens is 493 g/mol. The van der Waals surface area contributed by atoms with Gasteiger partial charge in [0.2, 0.25) is 0 Å². The lowest BCUT2D eigenvalue weighted by Crippen LogP contribution is -2.35. The highest BCUT2D eigenvalue weighted by atomic mass is 31.2. The van der Waals surface area contributed by atoms with Gasteiger partial charge in [0.25, 0.3) is 0 Å². The van der Waals surface area contributed by atoms with Gasteiger partial charge in [0.1, 0.15) is 0 Å². The molecule has 0 amide bonds. The molecule has 2 aromatic carbocycles. The van der Waals surface area contributed by atoms with Gasteiger partial charge < -0.3 is 9.46 Å². The average molecular weight is 528 g/mol. The zero-order valence-electron chi connectivity index (χ0n) is 22.8. The lowest BCUT2D eigenvalue weighted by Gasteiger charge is -2.45. The summed E-state index contributed by atoms with van der Waals surface area (Å²) in [6, 6.07) is 18.0. The van der Waals surface area contributed by atoms with E-state index in [-0.39, 0.29) is 11.7 Å². The van der Waals surface area contributed by atoms with E-state index in [0.29, 0.717) is 5.92 Å². The number of fused-ring (bicyclic) bond motifs is 5. The Bertz CT molecular complexity index is 1680. The molecule has 0 saturated carbocycles. The lowest BCUT2D eigenvalue weighted by atomic mass is 9.72. The Hall–Kier alpha value is -3.61. The molecule has 194 valence electrons. The molecule has 7 rings (SSSR count). The molecule has 1 aliphatic heterocycles. The van der Waals surface area contributed by atoms with E-state index in [4.69, 9.17) is 0 Å². The Morgan fingerprint density at radius 2 is 1.67 bits per heavy atom. The molecule has 0 bridgehead atoms. The van der Waals surface area contributed by atoms with Crippen LogP contribution in [0.25, 0.3) is 17.2 Å². The molecule has 2 nitrogen and oxygen atoms in total. The van der Waals surface area contributed by atoms with Gasteiger partial charge in [-0.15, -0.1) is 0 Å². The van der Waals surface area contributed by atoms with Crippen molar-refractivity contribution < 1.29 is 4.57 Å². The van der Waals surface area contributed by atoms with Crippen LogP contribution >= 0.6 is 7.14 Å². The summed E-state index contributed by atoms with van der Waals surface area (Å²) in [5, 5.41) is 0. The van der Waals surface area contributed by atoms with Crippen LogP contribution in [-0.4, -0.2) is 30.9 Å². The van der Waals surface area contributed by atoms with E-state index in [1.807, 2.05) is 13.3 Å². The highest BCUT2D eigenvalue weighted by molar-refractivity contribution is 7.63. The van der Waals surface area contributed by atoms with E-state index in [1.54, 1.807) is 0 Å². The summed E-state index contributed by atoms with van der Waals surface area (Å²) in [6.45, 7) is 3.79. The van der Waals surface area contributed by atoms with Gasteiger partial charge in [-0.3, -0.25) is 0 Å². The largest absolute Gasteiger partial charge is 0.363 e. The number of rotatable bonds is 3. The zero-order valence-corrected chi connectivity index (χ0v) is 23.7. The number of allylic oxidation sites excluding steroid dienone is 11. The first kappa shape index (κ1) is 24.4. The second-order valence-corrected chi connectivity index (χ2v) is 15.2. The molecule has 5 aliphatic rings. The smallest absolute Gasteiger partial charge is 0.0887 e. The average Bonchev–Trinajstić information content (AvgIpc) is 2.96. The highest BCUT2D eigenvalue weighted by Gasteiger charge is 2.39. The number of nitrogens with zero attached hydrogens (tertiary/aromatic N) is 1. The Morgan fingerprint density at radius 3 is 2.49 bits per heavy atom. The van der Waals surface area contributed by atoms with E-state index in [1.165, 1.54) is 55.8 Å². The summed E-state index contributed by atoms with van der Waals surface area (Å²) in [6.07, 6.45) is 24.6. The molecule has 2 aromatic rings. The van der Waals surface area contributed by atoms with Gasteiger partial charge in [-0.2, -0.15) is 0 Å². The molecule has 3 heteroatoms. The van der Waals surface area contributed by atoms with Crippen molar-refractivity contribution in [3.8, 4) is 0 Å². The molecule has 3 unspecified atom stereocenters. The number of likely N-dealkylation sites (N-methyl/N-ethyl adjacent to an activating group) is 1. The third-order valence-corrected chi connectivity index (χ3v) is 10.9.